The minimum atomic E-state index is -4.25. The highest BCUT2D eigenvalue weighted by Crippen LogP contribution is 2.28. The van der Waals surface area contributed by atoms with E-state index in [0.717, 1.165) is 27.6 Å². The topological polar surface area (TPSA) is 96.0 Å². The molecule has 48 heavy (non-hydrogen) atoms. The maximum atomic E-state index is 14.5. The Morgan fingerprint density at radius 1 is 0.875 bits per heavy atom. The first-order chi connectivity index (χ1) is 23.2. The highest BCUT2D eigenvalue weighted by molar-refractivity contribution is 7.98. The largest absolute Gasteiger partial charge is 0.494 e. The summed E-state index contributed by atoms with van der Waals surface area (Å²) in [6.45, 7) is 4.10. The van der Waals surface area contributed by atoms with Crippen molar-refractivity contribution in [3.63, 3.8) is 0 Å². The number of unbranched alkanes of at least 4 members (excludes halogenated alkanes) is 1. The Morgan fingerprint density at radius 2 is 1.54 bits per heavy atom. The summed E-state index contributed by atoms with van der Waals surface area (Å²) in [5.41, 5.74) is 1.68. The van der Waals surface area contributed by atoms with Crippen molar-refractivity contribution in [3.8, 4) is 5.75 Å². The standard InChI is InChI=1S/C37H42FN3O5S2/c1-4-6-24-39-37(43)35(25-28-10-8-7-9-11-28)40(26-29-12-14-30(38)15-13-29)36(42)27-41(31-16-18-32(19-17-31)46-5-2)48(44,45)34-22-20-33(47-3)21-23-34/h7-23,35H,4-6,24-27H2,1-3H3,(H,39,43)/t35-/m1/s1. The van der Waals surface area contributed by atoms with Gasteiger partial charge < -0.3 is 15.0 Å². The Kier molecular flexibility index (Phi) is 13.5. The van der Waals surface area contributed by atoms with Crippen LogP contribution in [-0.4, -0.2) is 57.1 Å². The molecule has 8 nitrogen and oxygen atoms in total. The number of halogens is 1. The van der Waals surface area contributed by atoms with Crippen molar-refractivity contribution >= 4 is 39.3 Å². The van der Waals surface area contributed by atoms with E-state index < -0.39 is 34.3 Å². The van der Waals surface area contributed by atoms with Crippen LogP contribution in [0.1, 0.15) is 37.8 Å². The third-order valence-corrected chi connectivity index (χ3v) is 10.3. The van der Waals surface area contributed by atoms with E-state index in [1.54, 1.807) is 48.5 Å². The van der Waals surface area contributed by atoms with Gasteiger partial charge in [-0.05, 0) is 91.4 Å². The van der Waals surface area contributed by atoms with Crippen LogP contribution in [0, 0.1) is 5.82 Å². The van der Waals surface area contributed by atoms with Crippen molar-refractivity contribution < 1.29 is 27.1 Å². The number of amides is 2. The molecule has 0 spiro atoms. The molecule has 2 amide bonds. The van der Waals surface area contributed by atoms with Gasteiger partial charge in [-0.3, -0.25) is 13.9 Å². The van der Waals surface area contributed by atoms with Crippen LogP contribution in [0.25, 0.3) is 0 Å². The van der Waals surface area contributed by atoms with Crippen molar-refractivity contribution in [2.24, 2.45) is 0 Å². The molecule has 0 aliphatic heterocycles. The summed E-state index contributed by atoms with van der Waals surface area (Å²) in [4.78, 5) is 30.7. The normalized spacial score (nSPS) is 11.8. The fourth-order valence-corrected chi connectivity index (χ4v) is 6.95. The van der Waals surface area contributed by atoms with Gasteiger partial charge >= 0.3 is 0 Å². The van der Waals surface area contributed by atoms with Crippen molar-refractivity contribution in [2.75, 3.05) is 30.3 Å². The smallest absolute Gasteiger partial charge is 0.264 e. The molecule has 0 fully saturated rings. The second kappa shape index (κ2) is 17.7. The number of sulfonamides is 1. The number of carbonyl (C=O) groups is 2. The molecule has 0 aromatic heterocycles. The fraction of sp³-hybridized carbons (Fsp3) is 0.297. The summed E-state index contributed by atoms with van der Waals surface area (Å²) in [7, 11) is -4.25. The quantitative estimate of drug-likeness (QED) is 0.0979. The number of thioether (sulfide) groups is 1. The molecule has 4 aromatic carbocycles. The van der Waals surface area contributed by atoms with Crippen LogP contribution in [-0.2, 0) is 32.6 Å². The SMILES string of the molecule is CCCCNC(=O)[C@@H](Cc1ccccc1)N(Cc1ccc(F)cc1)C(=O)CN(c1ccc(OCC)cc1)S(=O)(=O)c1ccc(SC)cc1. The molecule has 254 valence electrons. The van der Waals surface area contributed by atoms with Gasteiger partial charge in [0.25, 0.3) is 10.0 Å². The van der Waals surface area contributed by atoms with Gasteiger partial charge in [0, 0.05) is 24.4 Å². The van der Waals surface area contributed by atoms with Gasteiger partial charge in [0.15, 0.2) is 0 Å². The van der Waals surface area contributed by atoms with Gasteiger partial charge in [0.05, 0.1) is 17.2 Å². The predicted octanol–water partition coefficient (Wildman–Crippen LogP) is 6.70. The molecule has 4 rings (SSSR count). The molecule has 4 aromatic rings. The Bertz CT molecular complexity index is 1720. The lowest BCUT2D eigenvalue weighted by molar-refractivity contribution is -0.140. The summed E-state index contributed by atoms with van der Waals surface area (Å²) < 4.78 is 49.0. The van der Waals surface area contributed by atoms with Crippen LogP contribution in [0.2, 0.25) is 0 Å². The molecule has 1 N–H and O–H groups in total. The number of hydrogen-bond acceptors (Lipinski definition) is 6. The monoisotopic (exact) mass is 691 g/mol. The van der Waals surface area contributed by atoms with E-state index in [1.165, 1.54) is 40.9 Å². The number of nitrogens with one attached hydrogen (secondary N) is 1. The van der Waals surface area contributed by atoms with E-state index in [1.807, 2.05) is 50.4 Å². The highest BCUT2D eigenvalue weighted by Gasteiger charge is 2.34. The van der Waals surface area contributed by atoms with Crippen molar-refractivity contribution in [2.45, 2.75) is 55.5 Å². The second-order valence-electron chi connectivity index (χ2n) is 11.1. The molecule has 0 heterocycles. The van der Waals surface area contributed by atoms with Gasteiger partial charge in [-0.2, -0.15) is 0 Å². The summed E-state index contributed by atoms with van der Waals surface area (Å²) >= 11 is 1.48. The lowest BCUT2D eigenvalue weighted by Gasteiger charge is -2.34. The predicted molar refractivity (Wildman–Crippen MR) is 189 cm³/mol. The van der Waals surface area contributed by atoms with E-state index in [4.69, 9.17) is 4.74 Å². The molecule has 11 heteroatoms. The average molecular weight is 692 g/mol. The van der Waals surface area contributed by atoms with Gasteiger partial charge in [-0.1, -0.05) is 55.8 Å². The maximum absolute atomic E-state index is 14.5. The van der Waals surface area contributed by atoms with E-state index in [2.05, 4.69) is 5.32 Å². The van der Waals surface area contributed by atoms with Gasteiger partial charge in [0.1, 0.15) is 24.2 Å². The Labute approximate surface area is 287 Å². The van der Waals surface area contributed by atoms with Crippen LogP contribution in [0.5, 0.6) is 5.75 Å². The number of carbonyl (C=O) groups excluding carboxylic acids is 2. The number of benzene rings is 4. The molecule has 0 saturated carbocycles. The van der Waals surface area contributed by atoms with Crippen molar-refractivity contribution in [1.82, 2.24) is 10.2 Å². The van der Waals surface area contributed by atoms with Gasteiger partial charge in [-0.25, -0.2) is 12.8 Å². The fourth-order valence-electron chi connectivity index (χ4n) is 5.13. The summed E-state index contributed by atoms with van der Waals surface area (Å²) in [5, 5.41) is 2.96. The number of rotatable bonds is 17. The zero-order valence-electron chi connectivity index (χ0n) is 27.5. The van der Waals surface area contributed by atoms with E-state index in [9.17, 15) is 22.4 Å². The van der Waals surface area contributed by atoms with Crippen LogP contribution in [0.3, 0.4) is 0 Å². The zero-order chi connectivity index (χ0) is 34.5. The van der Waals surface area contributed by atoms with Crippen LogP contribution in [0.15, 0.2) is 113 Å². The van der Waals surface area contributed by atoms with E-state index in [0.29, 0.717) is 24.5 Å². The molecule has 0 saturated heterocycles. The summed E-state index contributed by atoms with van der Waals surface area (Å²) in [6.07, 6.45) is 3.72. The minimum Gasteiger partial charge on any atom is -0.494 e. The summed E-state index contributed by atoms with van der Waals surface area (Å²) in [5.74, 6) is -0.830. The highest BCUT2D eigenvalue weighted by atomic mass is 32.2. The van der Waals surface area contributed by atoms with E-state index in [-0.39, 0.29) is 29.5 Å². The molecule has 0 radical (unpaired) electrons. The Balaban J connectivity index is 1.79. The average Bonchev–Trinajstić information content (AvgIpc) is 3.10. The first-order valence-corrected chi connectivity index (χ1v) is 18.6. The van der Waals surface area contributed by atoms with Crippen LogP contribution in [0.4, 0.5) is 10.1 Å². The molecule has 1 atom stereocenters. The lowest BCUT2D eigenvalue weighted by Crippen LogP contribution is -2.53. The van der Waals surface area contributed by atoms with Crippen molar-refractivity contribution in [3.05, 3.63) is 120 Å². The third kappa shape index (κ3) is 9.84. The van der Waals surface area contributed by atoms with Crippen molar-refractivity contribution in [1.29, 1.82) is 0 Å². The number of hydrogen-bond donors (Lipinski definition) is 1. The molecular weight excluding hydrogens is 650 g/mol. The molecule has 0 bridgehead atoms. The second-order valence-corrected chi connectivity index (χ2v) is 13.9. The maximum Gasteiger partial charge on any atom is 0.264 e. The number of anilines is 1. The molecule has 0 unspecified atom stereocenters. The first kappa shape index (κ1) is 36.5. The molecular formula is C37H42FN3O5S2. The Hall–Kier alpha value is -4.35. The third-order valence-electron chi connectivity index (χ3n) is 7.73. The Morgan fingerprint density at radius 3 is 2.15 bits per heavy atom. The van der Waals surface area contributed by atoms with Crippen LogP contribution >= 0.6 is 11.8 Å². The number of ether oxygens (including phenoxy) is 1. The lowest BCUT2D eigenvalue weighted by atomic mass is 10.0. The summed E-state index contributed by atoms with van der Waals surface area (Å²) in [6, 6.07) is 27.0. The van der Waals surface area contributed by atoms with Gasteiger partial charge in [0.2, 0.25) is 11.8 Å². The van der Waals surface area contributed by atoms with Gasteiger partial charge in [-0.15, -0.1) is 11.8 Å². The van der Waals surface area contributed by atoms with E-state index >= 15 is 0 Å². The van der Waals surface area contributed by atoms with Crippen LogP contribution < -0.4 is 14.4 Å². The first-order valence-electron chi connectivity index (χ1n) is 15.9. The molecule has 0 aliphatic carbocycles. The number of nitrogens with zero attached hydrogens (tertiary/aromatic N) is 2. The zero-order valence-corrected chi connectivity index (χ0v) is 29.1. The minimum absolute atomic E-state index is 0.0187. The molecule has 0 aliphatic rings.